The van der Waals surface area contributed by atoms with Crippen molar-refractivity contribution in [3.8, 4) is 5.75 Å². The van der Waals surface area contributed by atoms with E-state index in [1.165, 1.54) is 18.3 Å². The molecule has 1 amide bonds. The molecule has 0 saturated carbocycles. The molecule has 20 heavy (non-hydrogen) atoms. The van der Waals surface area contributed by atoms with Crippen LogP contribution >= 0.6 is 0 Å². The van der Waals surface area contributed by atoms with Crippen molar-refractivity contribution in [2.24, 2.45) is 0 Å². The number of H-pyrrole nitrogens is 1. The number of halogens is 1. The summed E-state index contributed by atoms with van der Waals surface area (Å²) in [6.07, 6.45) is 2.80. The molecule has 0 fully saturated rings. The highest BCUT2D eigenvalue weighted by Crippen LogP contribution is 2.32. The molecule has 2 aromatic rings. The molecule has 0 spiro atoms. The van der Waals surface area contributed by atoms with Crippen LogP contribution in [-0.2, 0) is 0 Å². The number of amides is 1. The van der Waals surface area contributed by atoms with Gasteiger partial charge in [-0.3, -0.25) is 4.79 Å². The van der Waals surface area contributed by atoms with E-state index >= 15 is 0 Å². The molecule has 3 rings (SSSR count). The molecule has 0 bridgehead atoms. The van der Waals surface area contributed by atoms with Crippen molar-refractivity contribution in [1.82, 2.24) is 20.7 Å². The van der Waals surface area contributed by atoms with E-state index in [9.17, 15) is 9.18 Å². The number of nitrogens with zero attached hydrogens (tertiary/aromatic N) is 2. The van der Waals surface area contributed by atoms with E-state index in [1.807, 2.05) is 0 Å². The van der Waals surface area contributed by atoms with Crippen LogP contribution in [0.1, 0.15) is 34.9 Å². The third kappa shape index (κ3) is 2.47. The normalized spacial score (nSPS) is 17.8. The highest BCUT2D eigenvalue weighted by atomic mass is 19.1. The zero-order valence-electron chi connectivity index (χ0n) is 10.6. The average Bonchev–Trinajstić information content (AvgIpc) is 2.91. The number of hydrogen-bond acceptors (Lipinski definition) is 4. The number of ether oxygens (including phenoxy) is 1. The van der Waals surface area contributed by atoms with Crippen molar-refractivity contribution < 1.29 is 13.9 Å². The molecular weight excluding hydrogens is 263 g/mol. The second-order valence-electron chi connectivity index (χ2n) is 4.55. The standard InChI is InChI=1S/C13H13FN4O2/c14-8-3-4-12-9(6-8)10(2-1-5-20-12)16-13(19)11-7-15-18-17-11/h3-4,6-7,10H,1-2,5H2,(H,16,19)(H,15,17,18). The second-order valence-corrected chi connectivity index (χ2v) is 4.55. The number of benzene rings is 1. The van der Waals surface area contributed by atoms with E-state index in [2.05, 4.69) is 20.7 Å². The Morgan fingerprint density at radius 2 is 2.40 bits per heavy atom. The van der Waals surface area contributed by atoms with Gasteiger partial charge in [0.05, 0.1) is 18.8 Å². The summed E-state index contributed by atoms with van der Waals surface area (Å²) < 4.78 is 19.0. The molecule has 1 unspecified atom stereocenters. The van der Waals surface area contributed by atoms with Gasteiger partial charge in [0, 0.05) is 5.56 Å². The number of rotatable bonds is 2. The number of aromatic amines is 1. The first-order valence-electron chi connectivity index (χ1n) is 6.33. The molecule has 0 radical (unpaired) electrons. The van der Waals surface area contributed by atoms with E-state index in [-0.39, 0.29) is 23.5 Å². The summed E-state index contributed by atoms with van der Waals surface area (Å²) in [7, 11) is 0. The lowest BCUT2D eigenvalue weighted by Crippen LogP contribution is -2.28. The van der Waals surface area contributed by atoms with Crippen LogP contribution in [0, 0.1) is 5.82 Å². The first kappa shape index (κ1) is 12.6. The van der Waals surface area contributed by atoms with Crippen LogP contribution in [0.4, 0.5) is 4.39 Å². The molecule has 2 N–H and O–H groups in total. The third-order valence-electron chi connectivity index (χ3n) is 3.19. The number of aromatic nitrogens is 3. The van der Waals surface area contributed by atoms with Crippen molar-refractivity contribution in [3.63, 3.8) is 0 Å². The second kappa shape index (κ2) is 5.28. The minimum atomic E-state index is -0.352. The Kier molecular flexibility index (Phi) is 3.32. The molecule has 6 nitrogen and oxygen atoms in total. The lowest BCUT2D eigenvalue weighted by atomic mass is 10.0. The Labute approximate surface area is 114 Å². The lowest BCUT2D eigenvalue weighted by molar-refractivity contribution is 0.0929. The third-order valence-corrected chi connectivity index (χ3v) is 3.19. The number of carbonyl (C=O) groups is 1. The molecule has 1 atom stereocenters. The molecule has 1 aromatic heterocycles. The Morgan fingerprint density at radius 1 is 1.50 bits per heavy atom. The van der Waals surface area contributed by atoms with E-state index in [0.717, 1.165) is 6.42 Å². The van der Waals surface area contributed by atoms with Crippen LogP contribution in [0.25, 0.3) is 0 Å². The van der Waals surface area contributed by atoms with Gasteiger partial charge in [-0.15, -0.1) is 0 Å². The van der Waals surface area contributed by atoms with Gasteiger partial charge in [-0.25, -0.2) is 4.39 Å². The summed E-state index contributed by atoms with van der Waals surface area (Å²) in [4.78, 5) is 12.0. The Morgan fingerprint density at radius 3 is 3.20 bits per heavy atom. The molecule has 7 heteroatoms. The Balaban J connectivity index is 1.86. The van der Waals surface area contributed by atoms with Crippen molar-refractivity contribution in [3.05, 3.63) is 41.5 Å². The van der Waals surface area contributed by atoms with Gasteiger partial charge in [0.1, 0.15) is 11.6 Å². The van der Waals surface area contributed by atoms with Gasteiger partial charge >= 0.3 is 0 Å². The van der Waals surface area contributed by atoms with Gasteiger partial charge in [-0.2, -0.15) is 15.4 Å². The van der Waals surface area contributed by atoms with Crippen LogP contribution in [0.2, 0.25) is 0 Å². The predicted octanol–water partition coefficient (Wildman–Crippen LogP) is 1.59. The minimum Gasteiger partial charge on any atom is -0.493 e. The highest BCUT2D eigenvalue weighted by molar-refractivity contribution is 5.92. The van der Waals surface area contributed by atoms with Gasteiger partial charge < -0.3 is 10.1 Å². The van der Waals surface area contributed by atoms with Crippen LogP contribution in [-0.4, -0.2) is 27.9 Å². The molecular formula is C13H13FN4O2. The Bertz CT molecular complexity index is 615. The van der Waals surface area contributed by atoms with E-state index in [4.69, 9.17) is 4.74 Å². The van der Waals surface area contributed by atoms with Crippen molar-refractivity contribution >= 4 is 5.91 Å². The summed E-state index contributed by atoms with van der Waals surface area (Å²) in [5.74, 6) is -0.0925. The fraction of sp³-hybridized carbons (Fsp3) is 0.308. The molecule has 1 aliphatic rings. The largest absolute Gasteiger partial charge is 0.493 e. The maximum Gasteiger partial charge on any atom is 0.273 e. The topological polar surface area (TPSA) is 79.9 Å². The van der Waals surface area contributed by atoms with Crippen molar-refractivity contribution in [2.75, 3.05) is 6.61 Å². The van der Waals surface area contributed by atoms with Crippen LogP contribution in [0.5, 0.6) is 5.75 Å². The summed E-state index contributed by atoms with van der Waals surface area (Å²) in [5.41, 5.74) is 0.854. The first-order chi connectivity index (χ1) is 9.74. The fourth-order valence-electron chi connectivity index (χ4n) is 2.24. The molecule has 1 aromatic carbocycles. The smallest absolute Gasteiger partial charge is 0.273 e. The Hall–Kier alpha value is -2.44. The van der Waals surface area contributed by atoms with Crippen LogP contribution < -0.4 is 10.1 Å². The van der Waals surface area contributed by atoms with Gasteiger partial charge in [0.15, 0.2) is 5.69 Å². The summed E-state index contributed by atoms with van der Waals surface area (Å²) in [6, 6.07) is 4.03. The quantitative estimate of drug-likeness (QED) is 0.873. The van der Waals surface area contributed by atoms with E-state index in [1.54, 1.807) is 6.07 Å². The molecule has 1 aliphatic heterocycles. The zero-order valence-corrected chi connectivity index (χ0v) is 10.6. The average molecular weight is 276 g/mol. The van der Waals surface area contributed by atoms with E-state index in [0.29, 0.717) is 24.3 Å². The van der Waals surface area contributed by atoms with Gasteiger partial charge in [0.25, 0.3) is 5.91 Å². The number of fused-ring (bicyclic) bond motifs is 1. The predicted molar refractivity (Wildman–Crippen MR) is 67.7 cm³/mol. The number of nitrogens with one attached hydrogen (secondary N) is 2. The van der Waals surface area contributed by atoms with Crippen molar-refractivity contribution in [2.45, 2.75) is 18.9 Å². The molecule has 2 heterocycles. The van der Waals surface area contributed by atoms with Gasteiger partial charge in [-0.05, 0) is 31.0 Å². The first-order valence-corrected chi connectivity index (χ1v) is 6.33. The summed E-state index contributed by atoms with van der Waals surface area (Å²) in [5, 5.41) is 12.5. The summed E-state index contributed by atoms with van der Waals surface area (Å²) in [6.45, 7) is 0.551. The van der Waals surface area contributed by atoms with Gasteiger partial charge in [0.2, 0.25) is 0 Å². The maximum absolute atomic E-state index is 13.4. The zero-order chi connectivity index (χ0) is 13.9. The molecule has 0 saturated heterocycles. The summed E-state index contributed by atoms with van der Waals surface area (Å²) >= 11 is 0. The van der Waals surface area contributed by atoms with E-state index < -0.39 is 0 Å². The number of carbonyl (C=O) groups excluding carboxylic acids is 1. The van der Waals surface area contributed by atoms with Gasteiger partial charge in [-0.1, -0.05) is 0 Å². The fourth-order valence-corrected chi connectivity index (χ4v) is 2.24. The molecule has 104 valence electrons. The monoisotopic (exact) mass is 276 g/mol. The molecule has 0 aliphatic carbocycles. The van der Waals surface area contributed by atoms with Crippen LogP contribution in [0.3, 0.4) is 0 Å². The SMILES string of the molecule is O=C(NC1CCCOc2ccc(F)cc21)c1cn[nH]n1. The minimum absolute atomic E-state index is 0.202. The lowest BCUT2D eigenvalue weighted by Gasteiger charge is -2.17. The van der Waals surface area contributed by atoms with Crippen molar-refractivity contribution in [1.29, 1.82) is 0 Å². The maximum atomic E-state index is 13.4. The number of hydrogen-bond donors (Lipinski definition) is 2. The highest BCUT2D eigenvalue weighted by Gasteiger charge is 2.23. The van der Waals surface area contributed by atoms with Crippen LogP contribution in [0.15, 0.2) is 24.4 Å².